The van der Waals surface area contributed by atoms with Crippen LogP contribution in [0.25, 0.3) is 33.1 Å². The number of primary amides is 1. The van der Waals surface area contributed by atoms with E-state index in [9.17, 15) is 23.6 Å². The van der Waals surface area contributed by atoms with Crippen LogP contribution in [0.1, 0.15) is 16.9 Å². The third-order valence-corrected chi connectivity index (χ3v) is 7.04. The van der Waals surface area contributed by atoms with Crippen molar-refractivity contribution in [3.8, 4) is 11.1 Å². The van der Waals surface area contributed by atoms with Gasteiger partial charge in [0.05, 0.1) is 23.3 Å². The fraction of sp³-hybridized carbons (Fsp3) is 0.179. The molecule has 0 radical (unpaired) electrons. The molecule has 11 nitrogen and oxygen atoms in total. The number of nitrogens with one attached hydrogen (secondary N) is 2. The van der Waals surface area contributed by atoms with Gasteiger partial charge in [0.1, 0.15) is 18.8 Å². The number of H-pyrrole nitrogens is 1. The van der Waals surface area contributed by atoms with E-state index in [2.05, 4.69) is 15.4 Å². The number of para-hydroxylation sites is 1. The Morgan fingerprint density at radius 2 is 1.93 bits per heavy atom. The molecule has 1 saturated heterocycles. The number of rotatable bonds is 6. The Labute approximate surface area is 229 Å². The molecule has 1 aliphatic rings. The van der Waals surface area contributed by atoms with Crippen LogP contribution in [0.5, 0.6) is 0 Å². The van der Waals surface area contributed by atoms with Crippen molar-refractivity contribution in [2.75, 3.05) is 11.9 Å². The number of carbonyl (C=O) groups is 3. The normalized spacial score (nSPS) is 16.9. The van der Waals surface area contributed by atoms with Crippen molar-refractivity contribution < 1.29 is 27.6 Å². The number of hydrogen-bond donors (Lipinski definition) is 3. The highest BCUT2D eigenvalue weighted by Crippen LogP contribution is 2.31. The molecule has 3 amide bonds. The number of nitrogens with two attached hydrogens (primary N) is 1. The second kappa shape index (κ2) is 10.0. The van der Waals surface area contributed by atoms with Crippen molar-refractivity contribution in [2.24, 2.45) is 5.73 Å². The quantitative estimate of drug-likeness (QED) is 0.290. The molecule has 0 aliphatic carbocycles. The van der Waals surface area contributed by atoms with Crippen LogP contribution in [0, 0.1) is 5.82 Å². The molecular weight excluding hydrogens is 538 g/mol. The first-order valence-corrected chi connectivity index (χ1v) is 12.6. The third-order valence-electron chi connectivity index (χ3n) is 7.04. The Morgan fingerprint density at radius 1 is 1.12 bits per heavy atom. The molecule has 4 N–H and O–H groups in total. The highest BCUT2D eigenvalue weighted by Gasteiger charge is 2.40. The first-order valence-electron chi connectivity index (χ1n) is 12.6. The van der Waals surface area contributed by atoms with Crippen molar-refractivity contribution in [1.82, 2.24) is 19.7 Å². The predicted octanol–water partition coefficient (Wildman–Crippen LogP) is 2.95. The molecule has 41 heavy (non-hydrogen) atoms. The standard InChI is InChI=1S/C28H22F2N6O5/c29-15-11-21(35(12-15)23(37)13-36-20-7-2-1-4-17(20)25(34-36)26(31)38)27(39)32-18-6-3-5-16(24(18)30)14-8-9-22-19(10-14)33-28(40)41-22/h1-10,15,21H,11-13H2,(H2,31,38)(H,32,39)(H,33,40)/t15-,21+/m1/s1. The van der Waals surface area contributed by atoms with Gasteiger partial charge in [0.2, 0.25) is 11.8 Å². The lowest BCUT2D eigenvalue weighted by atomic mass is 10.0. The molecule has 6 rings (SSSR count). The number of fused-ring (bicyclic) bond motifs is 2. The zero-order valence-electron chi connectivity index (χ0n) is 21.3. The maximum atomic E-state index is 15.5. The van der Waals surface area contributed by atoms with Crippen LogP contribution < -0.4 is 16.8 Å². The number of carbonyl (C=O) groups excluding carboxylic acids is 3. The Hall–Kier alpha value is -5.33. The van der Waals surface area contributed by atoms with Gasteiger partial charge in [-0.2, -0.15) is 5.10 Å². The Kier molecular flexibility index (Phi) is 6.33. The summed E-state index contributed by atoms with van der Waals surface area (Å²) >= 11 is 0. The van der Waals surface area contributed by atoms with E-state index in [1.807, 2.05) is 0 Å². The van der Waals surface area contributed by atoms with Gasteiger partial charge < -0.3 is 20.4 Å². The summed E-state index contributed by atoms with van der Waals surface area (Å²) in [5.41, 5.74) is 6.98. The molecule has 0 spiro atoms. The highest BCUT2D eigenvalue weighted by atomic mass is 19.1. The zero-order valence-corrected chi connectivity index (χ0v) is 21.3. The minimum absolute atomic E-state index is 0.0129. The molecule has 2 aromatic heterocycles. The first kappa shape index (κ1) is 25.9. The van der Waals surface area contributed by atoms with Gasteiger partial charge in [-0.15, -0.1) is 0 Å². The zero-order chi connectivity index (χ0) is 28.8. The van der Waals surface area contributed by atoms with E-state index in [1.165, 1.54) is 35.0 Å². The van der Waals surface area contributed by atoms with E-state index in [0.29, 0.717) is 27.6 Å². The van der Waals surface area contributed by atoms with Gasteiger partial charge in [-0.25, -0.2) is 13.6 Å². The second-order valence-electron chi connectivity index (χ2n) is 9.66. The van der Waals surface area contributed by atoms with Crippen molar-refractivity contribution in [2.45, 2.75) is 25.2 Å². The van der Waals surface area contributed by atoms with Gasteiger partial charge in [-0.3, -0.25) is 24.0 Å². The maximum Gasteiger partial charge on any atom is 0.417 e. The number of amides is 3. The molecular formula is C28H22F2N6O5. The Morgan fingerprint density at radius 3 is 2.73 bits per heavy atom. The van der Waals surface area contributed by atoms with Crippen LogP contribution in [0.2, 0.25) is 0 Å². The van der Waals surface area contributed by atoms with Crippen molar-refractivity contribution in [1.29, 1.82) is 0 Å². The number of hydrogen-bond acceptors (Lipinski definition) is 6. The molecule has 1 fully saturated rings. The van der Waals surface area contributed by atoms with Gasteiger partial charge in [0.25, 0.3) is 5.91 Å². The number of benzene rings is 3. The minimum atomic E-state index is -1.47. The summed E-state index contributed by atoms with van der Waals surface area (Å²) in [4.78, 5) is 53.4. The number of halogens is 2. The third kappa shape index (κ3) is 4.71. The summed E-state index contributed by atoms with van der Waals surface area (Å²) in [6.45, 7) is -0.697. The lowest BCUT2D eigenvalue weighted by molar-refractivity contribution is -0.137. The average molecular weight is 561 g/mol. The fourth-order valence-corrected chi connectivity index (χ4v) is 5.14. The summed E-state index contributed by atoms with van der Waals surface area (Å²) in [7, 11) is 0. The topological polar surface area (TPSA) is 156 Å². The van der Waals surface area contributed by atoms with Gasteiger partial charge >= 0.3 is 5.76 Å². The van der Waals surface area contributed by atoms with Crippen LogP contribution in [-0.4, -0.2) is 56.1 Å². The van der Waals surface area contributed by atoms with Crippen molar-refractivity contribution >= 4 is 45.4 Å². The molecule has 208 valence electrons. The molecule has 2 atom stereocenters. The lowest BCUT2D eigenvalue weighted by Crippen LogP contribution is -2.44. The SMILES string of the molecule is NC(=O)c1nn(CC(=O)N2C[C@H](F)C[C@H]2C(=O)Nc2cccc(-c3ccc4oc(=O)[nH]c4c3)c2F)c2ccccc12. The summed E-state index contributed by atoms with van der Waals surface area (Å²) < 4.78 is 36.3. The van der Waals surface area contributed by atoms with E-state index >= 15 is 4.39 Å². The molecule has 0 unspecified atom stereocenters. The summed E-state index contributed by atoms with van der Waals surface area (Å²) in [6.07, 6.45) is -1.74. The van der Waals surface area contributed by atoms with Crippen molar-refractivity contribution in [3.05, 3.63) is 82.7 Å². The van der Waals surface area contributed by atoms with Crippen LogP contribution in [0.15, 0.2) is 69.9 Å². The maximum absolute atomic E-state index is 15.5. The average Bonchev–Trinajstić information content (AvgIpc) is 3.63. The number of aromatic amines is 1. The Balaban J connectivity index is 1.23. The summed E-state index contributed by atoms with van der Waals surface area (Å²) in [6, 6.07) is 14.5. The monoisotopic (exact) mass is 560 g/mol. The van der Waals surface area contributed by atoms with E-state index in [0.717, 1.165) is 4.90 Å². The number of oxazole rings is 1. The molecule has 5 aromatic rings. The van der Waals surface area contributed by atoms with Crippen LogP contribution in [-0.2, 0) is 16.1 Å². The lowest BCUT2D eigenvalue weighted by Gasteiger charge is -2.24. The first-order chi connectivity index (χ1) is 19.7. The smallest absolute Gasteiger partial charge is 0.408 e. The predicted molar refractivity (Wildman–Crippen MR) is 144 cm³/mol. The number of likely N-dealkylation sites (tertiary alicyclic amines) is 1. The largest absolute Gasteiger partial charge is 0.417 e. The number of alkyl halides is 1. The molecule has 0 saturated carbocycles. The summed E-state index contributed by atoms with van der Waals surface area (Å²) in [5, 5.41) is 7.10. The van der Waals surface area contributed by atoms with Crippen LogP contribution >= 0.6 is 0 Å². The van der Waals surface area contributed by atoms with Crippen LogP contribution in [0.4, 0.5) is 14.5 Å². The van der Waals surface area contributed by atoms with E-state index < -0.39 is 41.5 Å². The van der Waals surface area contributed by atoms with Gasteiger partial charge in [-0.1, -0.05) is 36.4 Å². The number of anilines is 1. The second-order valence-corrected chi connectivity index (χ2v) is 9.66. The summed E-state index contributed by atoms with van der Waals surface area (Å²) in [5.74, 6) is -3.52. The van der Waals surface area contributed by atoms with Gasteiger partial charge in [-0.05, 0) is 29.8 Å². The molecule has 3 heterocycles. The van der Waals surface area contributed by atoms with E-state index in [4.69, 9.17) is 10.2 Å². The minimum Gasteiger partial charge on any atom is -0.408 e. The van der Waals surface area contributed by atoms with Crippen molar-refractivity contribution in [3.63, 3.8) is 0 Å². The van der Waals surface area contributed by atoms with Crippen LogP contribution in [0.3, 0.4) is 0 Å². The van der Waals surface area contributed by atoms with E-state index in [-0.39, 0.29) is 36.5 Å². The Bertz CT molecular complexity index is 1910. The number of nitrogens with zero attached hydrogens (tertiary/aromatic N) is 3. The molecule has 0 bridgehead atoms. The highest BCUT2D eigenvalue weighted by molar-refractivity contribution is 6.04. The molecule has 13 heteroatoms. The van der Waals surface area contributed by atoms with E-state index in [1.54, 1.807) is 30.3 Å². The molecule has 1 aliphatic heterocycles. The van der Waals surface area contributed by atoms with Gasteiger partial charge in [0.15, 0.2) is 17.1 Å². The molecule has 3 aromatic carbocycles. The fourth-order valence-electron chi connectivity index (χ4n) is 5.14. The van der Waals surface area contributed by atoms with Gasteiger partial charge in [0, 0.05) is 17.4 Å². The number of aromatic nitrogens is 3.